The van der Waals surface area contributed by atoms with Gasteiger partial charge in [0.2, 0.25) is 0 Å². The van der Waals surface area contributed by atoms with Crippen LogP contribution in [0.5, 0.6) is 0 Å². The molecule has 0 aliphatic heterocycles. The van der Waals surface area contributed by atoms with Crippen LogP contribution in [0.15, 0.2) is 36.4 Å². The van der Waals surface area contributed by atoms with Gasteiger partial charge < -0.3 is 5.73 Å². The van der Waals surface area contributed by atoms with Crippen LogP contribution < -0.4 is 5.73 Å². The quantitative estimate of drug-likeness (QED) is 0.664. The van der Waals surface area contributed by atoms with Crippen molar-refractivity contribution in [1.29, 1.82) is 0 Å². The van der Waals surface area contributed by atoms with E-state index in [4.69, 9.17) is 17.3 Å². The van der Waals surface area contributed by atoms with E-state index in [1.165, 1.54) is 12.1 Å². The lowest BCUT2D eigenvalue weighted by molar-refractivity contribution is 0.103. The number of hydrogen-bond donors (Lipinski definition) is 1. The molecule has 0 saturated carbocycles. The summed E-state index contributed by atoms with van der Waals surface area (Å²) in [7, 11) is 0. The fourth-order valence-corrected chi connectivity index (χ4v) is 1.81. The molecule has 2 aromatic rings. The van der Waals surface area contributed by atoms with E-state index in [9.17, 15) is 9.18 Å². The first-order valence-electron chi connectivity index (χ1n) is 5.35. The first kappa shape index (κ1) is 12.6. The highest BCUT2D eigenvalue weighted by atomic mass is 35.5. The van der Waals surface area contributed by atoms with Crippen LogP contribution in [0.2, 0.25) is 5.02 Å². The molecule has 4 heteroatoms. The van der Waals surface area contributed by atoms with Crippen molar-refractivity contribution in [2.24, 2.45) is 0 Å². The summed E-state index contributed by atoms with van der Waals surface area (Å²) < 4.78 is 13.1. The van der Waals surface area contributed by atoms with Gasteiger partial charge in [-0.15, -0.1) is 0 Å². The Hall–Kier alpha value is -1.87. The van der Waals surface area contributed by atoms with Crippen LogP contribution in [0.1, 0.15) is 21.5 Å². The number of hydrogen-bond acceptors (Lipinski definition) is 2. The van der Waals surface area contributed by atoms with Crippen molar-refractivity contribution in [3.05, 3.63) is 63.9 Å². The Labute approximate surface area is 109 Å². The van der Waals surface area contributed by atoms with Gasteiger partial charge in [-0.05, 0) is 36.8 Å². The highest BCUT2D eigenvalue weighted by Crippen LogP contribution is 2.22. The fourth-order valence-electron chi connectivity index (χ4n) is 1.61. The molecule has 18 heavy (non-hydrogen) atoms. The van der Waals surface area contributed by atoms with Gasteiger partial charge in [0.15, 0.2) is 5.78 Å². The minimum absolute atomic E-state index is 0.139. The second-order valence-corrected chi connectivity index (χ2v) is 4.43. The fraction of sp³-hybridized carbons (Fsp3) is 0.0714. The Balaban J connectivity index is 2.47. The number of aryl methyl sites for hydroxylation is 1. The molecule has 0 radical (unpaired) electrons. The molecule has 0 heterocycles. The molecule has 2 rings (SSSR count). The zero-order valence-electron chi connectivity index (χ0n) is 9.71. The Kier molecular flexibility index (Phi) is 3.34. The maximum absolute atomic E-state index is 13.1. The van der Waals surface area contributed by atoms with Crippen LogP contribution in [-0.4, -0.2) is 5.78 Å². The van der Waals surface area contributed by atoms with Gasteiger partial charge in [-0.2, -0.15) is 0 Å². The van der Waals surface area contributed by atoms with Crippen LogP contribution in [0.4, 0.5) is 10.1 Å². The predicted molar refractivity (Wildman–Crippen MR) is 70.4 cm³/mol. The van der Waals surface area contributed by atoms with Crippen LogP contribution in [-0.2, 0) is 0 Å². The summed E-state index contributed by atoms with van der Waals surface area (Å²) in [4.78, 5) is 12.2. The predicted octanol–water partition coefficient (Wildman–Crippen LogP) is 3.60. The number of carbonyl (C=O) groups excluding carboxylic acids is 1. The van der Waals surface area contributed by atoms with E-state index in [1.807, 2.05) is 6.92 Å². The number of ketones is 1. The van der Waals surface area contributed by atoms with Gasteiger partial charge in [-0.1, -0.05) is 23.7 Å². The van der Waals surface area contributed by atoms with Crippen LogP contribution in [0.3, 0.4) is 0 Å². The Morgan fingerprint density at radius 2 is 1.94 bits per heavy atom. The van der Waals surface area contributed by atoms with Gasteiger partial charge in [0.05, 0.1) is 5.02 Å². The first-order chi connectivity index (χ1) is 8.49. The van der Waals surface area contributed by atoms with E-state index in [0.717, 1.165) is 11.6 Å². The zero-order valence-corrected chi connectivity index (χ0v) is 10.5. The third-order valence-corrected chi connectivity index (χ3v) is 3.04. The van der Waals surface area contributed by atoms with Crippen LogP contribution >= 0.6 is 11.6 Å². The molecule has 0 bridgehead atoms. The van der Waals surface area contributed by atoms with Gasteiger partial charge in [-0.25, -0.2) is 4.39 Å². The maximum Gasteiger partial charge on any atom is 0.194 e. The average Bonchev–Trinajstić information content (AvgIpc) is 2.35. The lowest BCUT2D eigenvalue weighted by Gasteiger charge is -2.06. The van der Waals surface area contributed by atoms with Crippen molar-refractivity contribution in [2.75, 3.05) is 5.73 Å². The second-order valence-electron chi connectivity index (χ2n) is 4.02. The van der Waals surface area contributed by atoms with Crippen molar-refractivity contribution >= 4 is 23.1 Å². The number of anilines is 1. The molecule has 0 fully saturated rings. The second kappa shape index (κ2) is 4.78. The van der Waals surface area contributed by atoms with E-state index >= 15 is 0 Å². The summed E-state index contributed by atoms with van der Waals surface area (Å²) in [5, 5.41) is 0.223. The molecule has 0 saturated heterocycles. The highest BCUT2D eigenvalue weighted by Gasteiger charge is 2.14. The third kappa shape index (κ3) is 2.36. The largest absolute Gasteiger partial charge is 0.398 e. The van der Waals surface area contributed by atoms with E-state index in [2.05, 4.69) is 0 Å². The highest BCUT2D eigenvalue weighted by molar-refractivity contribution is 6.35. The molecule has 2 nitrogen and oxygen atoms in total. The monoisotopic (exact) mass is 263 g/mol. The lowest BCUT2D eigenvalue weighted by atomic mass is 10.0. The summed E-state index contributed by atoms with van der Waals surface area (Å²) in [5.41, 5.74) is 7.69. The van der Waals surface area contributed by atoms with Crippen molar-refractivity contribution < 1.29 is 9.18 Å². The molecule has 92 valence electrons. The van der Waals surface area contributed by atoms with E-state index in [1.54, 1.807) is 18.2 Å². The van der Waals surface area contributed by atoms with Crippen molar-refractivity contribution in [2.45, 2.75) is 6.92 Å². The standard InChI is InChI=1S/C14H11ClFNO/c1-8-2-3-9(6-13(8)17)14(18)11-7-10(16)4-5-12(11)15/h2-7H,17H2,1H3. The minimum atomic E-state index is -0.497. The Morgan fingerprint density at radius 1 is 1.22 bits per heavy atom. The number of halogens is 2. The number of rotatable bonds is 2. The van der Waals surface area contributed by atoms with Gasteiger partial charge in [-0.3, -0.25) is 4.79 Å². The van der Waals surface area contributed by atoms with E-state index in [-0.39, 0.29) is 16.4 Å². The Bertz CT molecular complexity index is 625. The minimum Gasteiger partial charge on any atom is -0.398 e. The van der Waals surface area contributed by atoms with Crippen LogP contribution in [0, 0.1) is 12.7 Å². The normalized spacial score (nSPS) is 10.4. The molecule has 0 aliphatic carbocycles. The summed E-state index contributed by atoms with van der Waals surface area (Å²) in [6.07, 6.45) is 0. The lowest BCUT2D eigenvalue weighted by Crippen LogP contribution is -2.04. The summed E-state index contributed by atoms with van der Waals surface area (Å²) in [6.45, 7) is 1.85. The molecule has 0 atom stereocenters. The van der Waals surface area contributed by atoms with Crippen molar-refractivity contribution in [3.63, 3.8) is 0 Å². The molecule has 0 aromatic heterocycles. The number of carbonyl (C=O) groups is 1. The molecule has 0 aliphatic rings. The number of nitrogen functional groups attached to an aromatic ring is 1. The van der Waals surface area contributed by atoms with E-state index in [0.29, 0.717) is 11.3 Å². The summed E-state index contributed by atoms with van der Waals surface area (Å²) >= 11 is 5.89. The van der Waals surface area contributed by atoms with E-state index < -0.39 is 5.82 Å². The smallest absolute Gasteiger partial charge is 0.194 e. The first-order valence-corrected chi connectivity index (χ1v) is 5.72. The van der Waals surface area contributed by atoms with Crippen molar-refractivity contribution in [3.8, 4) is 0 Å². The summed E-state index contributed by atoms with van der Waals surface area (Å²) in [5.74, 6) is -0.839. The molecule has 0 unspecified atom stereocenters. The Morgan fingerprint density at radius 3 is 2.61 bits per heavy atom. The number of benzene rings is 2. The molecular formula is C14H11ClFNO. The van der Waals surface area contributed by atoms with Gasteiger partial charge in [0.25, 0.3) is 0 Å². The van der Waals surface area contributed by atoms with Gasteiger partial charge in [0, 0.05) is 16.8 Å². The van der Waals surface area contributed by atoms with Gasteiger partial charge >= 0.3 is 0 Å². The van der Waals surface area contributed by atoms with Gasteiger partial charge in [0.1, 0.15) is 5.82 Å². The average molecular weight is 264 g/mol. The summed E-state index contributed by atoms with van der Waals surface area (Å²) in [6, 6.07) is 8.66. The molecule has 0 spiro atoms. The molecular weight excluding hydrogens is 253 g/mol. The SMILES string of the molecule is Cc1ccc(C(=O)c2cc(F)ccc2Cl)cc1N. The topological polar surface area (TPSA) is 43.1 Å². The van der Waals surface area contributed by atoms with Crippen molar-refractivity contribution in [1.82, 2.24) is 0 Å². The number of nitrogens with two attached hydrogens (primary N) is 1. The van der Waals surface area contributed by atoms with Crippen LogP contribution in [0.25, 0.3) is 0 Å². The third-order valence-electron chi connectivity index (χ3n) is 2.71. The maximum atomic E-state index is 13.1. The molecule has 2 aromatic carbocycles. The molecule has 2 N–H and O–H groups in total. The molecule has 0 amide bonds. The zero-order chi connectivity index (χ0) is 13.3.